The molecule has 5 nitrogen and oxygen atoms in total. The first-order valence-electron chi connectivity index (χ1n) is 5.97. The zero-order valence-electron chi connectivity index (χ0n) is 10.5. The van der Waals surface area contributed by atoms with Crippen molar-refractivity contribution < 1.29 is 14.6 Å². The van der Waals surface area contributed by atoms with Crippen molar-refractivity contribution >= 4 is 18.3 Å². The number of likely N-dealkylation sites (N-methyl/N-ethyl adjacent to an activating group) is 1. The lowest BCUT2D eigenvalue weighted by Gasteiger charge is -2.24. The van der Waals surface area contributed by atoms with Crippen molar-refractivity contribution in [2.45, 2.75) is 32.4 Å². The molecule has 1 saturated heterocycles. The van der Waals surface area contributed by atoms with Crippen LogP contribution in [0.15, 0.2) is 0 Å². The predicted molar refractivity (Wildman–Crippen MR) is 68.4 cm³/mol. The Morgan fingerprint density at radius 1 is 1.53 bits per heavy atom. The van der Waals surface area contributed by atoms with E-state index in [0.29, 0.717) is 39.3 Å². The summed E-state index contributed by atoms with van der Waals surface area (Å²) < 4.78 is 5.24. The highest BCUT2D eigenvalue weighted by Crippen LogP contribution is 2.09. The lowest BCUT2D eigenvalue weighted by molar-refractivity contribution is -0.133. The number of carbonyl (C=O) groups is 1. The number of aliphatic hydroxyl groups excluding tert-OH is 1. The maximum Gasteiger partial charge on any atom is 0.239 e. The van der Waals surface area contributed by atoms with E-state index in [1.807, 2.05) is 13.8 Å². The van der Waals surface area contributed by atoms with E-state index in [1.165, 1.54) is 0 Å². The fourth-order valence-electron chi connectivity index (χ4n) is 1.87. The van der Waals surface area contributed by atoms with Gasteiger partial charge in [-0.3, -0.25) is 4.79 Å². The van der Waals surface area contributed by atoms with E-state index in [-0.39, 0.29) is 30.5 Å². The van der Waals surface area contributed by atoms with E-state index in [2.05, 4.69) is 5.32 Å². The summed E-state index contributed by atoms with van der Waals surface area (Å²) in [6.07, 6.45) is 0.129. The smallest absolute Gasteiger partial charge is 0.239 e. The Labute approximate surface area is 109 Å². The third kappa shape index (κ3) is 5.21. The van der Waals surface area contributed by atoms with Crippen molar-refractivity contribution in [3.63, 3.8) is 0 Å². The highest BCUT2D eigenvalue weighted by atomic mass is 35.5. The lowest BCUT2D eigenvalue weighted by Crippen LogP contribution is -2.44. The highest BCUT2D eigenvalue weighted by molar-refractivity contribution is 5.85. The molecule has 102 valence electrons. The molecule has 0 radical (unpaired) electrons. The van der Waals surface area contributed by atoms with E-state index < -0.39 is 0 Å². The zero-order chi connectivity index (χ0) is 12.0. The zero-order valence-corrected chi connectivity index (χ0v) is 11.3. The molecule has 1 heterocycles. The van der Waals surface area contributed by atoms with Gasteiger partial charge in [-0.25, -0.2) is 0 Å². The Hall–Kier alpha value is -0.360. The standard InChI is InChI=1S/C11H22N2O3.ClH/c1-3-13(5-6-16-4-2)11(15)10-7-9(14)8-12-10;/h9-10,12,14H,3-8H2,1-2H3;1H. The van der Waals surface area contributed by atoms with Crippen LogP contribution in [0.1, 0.15) is 20.3 Å². The lowest BCUT2D eigenvalue weighted by atomic mass is 10.2. The van der Waals surface area contributed by atoms with Crippen molar-refractivity contribution in [1.29, 1.82) is 0 Å². The van der Waals surface area contributed by atoms with Crippen molar-refractivity contribution in [2.24, 2.45) is 0 Å². The third-order valence-corrected chi connectivity index (χ3v) is 2.81. The highest BCUT2D eigenvalue weighted by Gasteiger charge is 2.30. The van der Waals surface area contributed by atoms with Crippen molar-refractivity contribution in [2.75, 3.05) is 32.8 Å². The topological polar surface area (TPSA) is 61.8 Å². The molecular formula is C11H23ClN2O3. The molecule has 1 aliphatic heterocycles. The summed E-state index contributed by atoms with van der Waals surface area (Å²) in [5.74, 6) is 0.0683. The minimum absolute atomic E-state index is 0. The van der Waals surface area contributed by atoms with Crippen LogP contribution in [0.2, 0.25) is 0 Å². The van der Waals surface area contributed by atoms with E-state index >= 15 is 0 Å². The predicted octanol–water partition coefficient (Wildman–Crippen LogP) is 0.0160. The SMILES string of the molecule is CCOCCN(CC)C(=O)C1CC(O)CN1.Cl. The van der Waals surface area contributed by atoms with Crippen molar-refractivity contribution in [3.05, 3.63) is 0 Å². The summed E-state index contributed by atoms with van der Waals surface area (Å²) in [5.41, 5.74) is 0. The van der Waals surface area contributed by atoms with Crippen molar-refractivity contribution in [1.82, 2.24) is 10.2 Å². The molecule has 0 aliphatic carbocycles. The van der Waals surface area contributed by atoms with Gasteiger partial charge in [-0.1, -0.05) is 0 Å². The van der Waals surface area contributed by atoms with Crippen LogP contribution in [0.4, 0.5) is 0 Å². The first kappa shape index (κ1) is 16.6. The number of β-amino-alcohol motifs (C(OH)–C–C–N with tert-alkyl or cyclic N) is 1. The average Bonchev–Trinajstić information content (AvgIpc) is 2.70. The minimum Gasteiger partial charge on any atom is -0.392 e. The van der Waals surface area contributed by atoms with Crippen molar-refractivity contribution in [3.8, 4) is 0 Å². The molecule has 17 heavy (non-hydrogen) atoms. The molecule has 1 fully saturated rings. The Bertz CT molecular complexity index is 229. The normalized spacial score (nSPS) is 23.2. The molecule has 1 aliphatic rings. The fourth-order valence-corrected chi connectivity index (χ4v) is 1.87. The van der Waals surface area contributed by atoms with E-state index in [0.717, 1.165) is 0 Å². The molecule has 0 aromatic rings. The van der Waals surface area contributed by atoms with Gasteiger partial charge in [-0.15, -0.1) is 12.4 Å². The Morgan fingerprint density at radius 2 is 2.24 bits per heavy atom. The molecule has 0 aromatic carbocycles. The number of nitrogens with zero attached hydrogens (tertiary/aromatic N) is 1. The monoisotopic (exact) mass is 266 g/mol. The Kier molecular flexibility index (Phi) is 8.51. The molecule has 6 heteroatoms. The molecule has 0 aromatic heterocycles. The first-order valence-corrected chi connectivity index (χ1v) is 5.97. The van der Waals surface area contributed by atoms with Crippen LogP contribution in [0.5, 0.6) is 0 Å². The maximum absolute atomic E-state index is 12.0. The number of hydrogen-bond acceptors (Lipinski definition) is 4. The number of ether oxygens (including phenoxy) is 1. The molecule has 0 saturated carbocycles. The second kappa shape index (κ2) is 8.69. The number of carbonyl (C=O) groups excluding carboxylic acids is 1. The molecule has 0 bridgehead atoms. The first-order chi connectivity index (χ1) is 7.69. The van der Waals surface area contributed by atoms with Gasteiger partial charge in [-0.05, 0) is 20.3 Å². The quantitative estimate of drug-likeness (QED) is 0.666. The summed E-state index contributed by atoms with van der Waals surface area (Å²) in [6, 6.07) is -0.225. The third-order valence-electron chi connectivity index (χ3n) is 2.81. The summed E-state index contributed by atoms with van der Waals surface area (Å²) in [5, 5.41) is 12.4. The van der Waals surface area contributed by atoms with Crippen LogP contribution in [0, 0.1) is 0 Å². The van der Waals surface area contributed by atoms with Gasteiger partial charge >= 0.3 is 0 Å². The fraction of sp³-hybridized carbons (Fsp3) is 0.909. The van der Waals surface area contributed by atoms with E-state index in [9.17, 15) is 9.90 Å². The van der Waals surface area contributed by atoms with Gasteiger partial charge in [-0.2, -0.15) is 0 Å². The average molecular weight is 267 g/mol. The van der Waals surface area contributed by atoms with Crippen LogP contribution in [0.3, 0.4) is 0 Å². The molecule has 2 unspecified atom stereocenters. The Balaban J connectivity index is 0.00000256. The molecule has 1 amide bonds. The van der Waals surface area contributed by atoms with Crippen LogP contribution in [0.25, 0.3) is 0 Å². The number of hydrogen-bond donors (Lipinski definition) is 2. The second-order valence-corrected chi connectivity index (χ2v) is 3.97. The Morgan fingerprint density at radius 3 is 2.71 bits per heavy atom. The van der Waals surface area contributed by atoms with Gasteiger partial charge in [0.2, 0.25) is 5.91 Å². The summed E-state index contributed by atoms with van der Waals surface area (Å²) in [6.45, 7) is 6.96. The van der Waals surface area contributed by atoms with Gasteiger partial charge in [0, 0.05) is 26.2 Å². The van der Waals surface area contributed by atoms with Crippen LogP contribution in [-0.2, 0) is 9.53 Å². The summed E-state index contributed by atoms with van der Waals surface area (Å²) >= 11 is 0. The number of amides is 1. The van der Waals surface area contributed by atoms with Crippen LogP contribution in [-0.4, -0.2) is 60.9 Å². The number of nitrogens with one attached hydrogen (secondary N) is 1. The second-order valence-electron chi connectivity index (χ2n) is 3.97. The molecule has 2 atom stereocenters. The van der Waals surface area contributed by atoms with E-state index in [1.54, 1.807) is 4.90 Å². The largest absolute Gasteiger partial charge is 0.392 e. The summed E-state index contributed by atoms with van der Waals surface area (Å²) in [7, 11) is 0. The van der Waals surface area contributed by atoms with Gasteiger partial charge in [0.05, 0.1) is 18.8 Å². The van der Waals surface area contributed by atoms with Crippen LogP contribution < -0.4 is 5.32 Å². The van der Waals surface area contributed by atoms with Gasteiger partial charge < -0.3 is 20.1 Å². The maximum atomic E-state index is 12.0. The molecule has 2 N–H and O–H groups in total. The van der Waals surface area contributed by atoms with E-state index in [4.69, 9.17) is 4.74 Å². The molecular weight excluding hydrogens is 244 g/mol. The van der Waals surface area contributed by atoms with Gasteiger partial charge in [0.15, 0.2) is 0 Å². The number of aliphatic hydroxyl groups is 1. The molecule has 1 rings (SSSR count). The summed E-state index contributed by atoms with van der Waals surface area (Å²) in [4.78, 5) is 13.8. The van der Waals surface area contributed by atoms with Gasteiger partial charge in [0.25, 0.3) is 0 Å². The van der Waals surface area contributed by atoms with Crippen LogP contribution >= 0.6 is 12.4 Å². The number of rotatable bonds is 6. The van der Waals surface area contributed by atoms with Gasteiger partial charge in [0.1, 0.15) is 0 Å². The minimum atomic E-state index is -0.389. The number of halogens is 1. The molecule has 0 spiro atoms.